The molecule has 2 atom stereocenters. The lowest BCUT2D eigenvalue weighted by molar-refractivity contribution is -0.141. The first-order chi connectivity index (χ1) is 30.4. The van der Waals surface area contributed by atoms with Gasteiger partial charge in [0.05, 0.1) is 29.9 Å². The Balaban J connectivity index is 0.759. The summed E-state index contributed by atoms with van der Waals surface area (Å²) in [6.07, 6.45) is 5.64. The topological polar surface area (TPSA) is 129 Å². The number of piperazine rings is 1. The Morgan fingerprint density at radius 2 is 1.52 bits per heavy atom. The van der Waals surface area contributed by atoms with Gasteiger partial charge in [-0.15, -0.1) is 0 Å². The van der Waals surface area contributed by atoms with E-state index in [4.69, 9.17) is 4.74 Å². The van der Waals surface area contributed by atoms with Crippen LogP contribution in [0.25, 0.3) is 0 Å². The molecule has 0 spiro atoms. The van der Waals surface area contributed by atoms with E-state index in [0.29, 0.717) is 73.4 Å². The molecule has 5 fully saturated rings. The number of carbonyl (C=O) groups excluding carboxylic acids is 4. The molecule has 5 saturated heterocycles. The van der Waals surface area contributed by atoms with Crippen LogP contribution in [0.2, 0.25) is 0 Å². The highest BCUT2D eigenvalue weighted by Crippen LogP contribution is 2.59. The van der Waals surface area contributed by atoms with Crippen molar-refractivity contribution in [3.8, 4) is 11.5 Å². The van der Waals surface area contributed by atoms with E-state index in [-0.39, 0.29) is 35.7 Å². The van der Waals surface area contributed by atoms with Gasteiger partial charge in [-0.3, -0.25) is 34.3 Å². The number of anilines is 3. The number of amides is 4. The molecule has 0 aromatic heterocycles. The van der Waals surface area contributed by atoms with Crippen LogP contribution in [-0.4, -0.2) is 122 Å². The average molecular weight is 868 g/mol. The van der Waals surface area contributed by atoms with Gasteiger partial charge in [0.25, 0.3) is 5.91 Å². The monoisotopic (exact) mass is 867 g/mol. The maximum atomic E-state index is 16.3. The largest absolute Gasteiger partial charge is 0.503 e. The predicted octanol–water partition coefficient (Wildman–Crippen LogP) is 5.84. The minimum atomic E-state index is -0.846. The lowest BCUT2D eigenvalue weighted by atomic mass is 9.64. The molecule has 0 bridgehead atoms. The van der Waals surface area contributed by atoms with Crippen molar-refractivity contribution >= 4 is 40.7 Å². The molecule has 63 heavy (non-hydrogen) atoms. The minimum Gasteiger partial charge on any atom is -0.503 e. The van der Waals surface area contributed by atoms with Crippen LogP contribution in [0.5, 0.6) is 11.5 Å². The molecule has 6 heterocycles. The summed E-state index contributed by atoms with van der Waals surface area (Å²) in [5.41, 5.74) is 2.88. The number of aromatic hydroxyl groups is 1. The van der Waals surface area contributed by atoms with E-state index >= 15 is 4.39 Å². The van der Waals surface area contributed by atoms with Crippen LogP contribution < -0.4 is 24.8 Å². The number of methoxy groups -OCH3 is 1. The van der Waals surface area contributed by atoms with Gasteiger partial charge in [-0.2, -0.15) is 0 Å². The Morgan fingerprint density at radius 1 is 0.810 bits per heavy atom. The average Bonchev–Trinajstić information content (AvgIpc) is 3.62. The molecular weight excluding hydrogens is 809 g/mol. The van der Waals surface area contributed by atoms with Gasteiger partial charge < -0.3 is 29.4 Å². The van der Waals surface area contributed by atoms with Gasteiger partial charge in [-0.25, -0.2) is 8.78 Å². The number of halogens is 2. The van der Waals surface area contributed by atoms with Crippen molar-refractivity contribution in [3.63, 3.8) is 0 Å². The molecule has 6 aliphatic heterocycles. The zero-order valence-electron chi connectivity index (χ0n) is 36.6. The van der Waals surface area contributed by atoms with Gasteiger partial charge in [0, 0.05) is 101 Å². The lowest BCUT2D eigenvalue weighted by Gasteiger charge is -2.56. The number of hydrogen-bond acceptors (Lipinski definition) is 10. The molecule has 336 valence electrons. The smallest absolute Gasteiger partial charge is 0.255 e. The minimum absolute atomic E-state index is 0.0646. The van der Waals surface area contributed by atoms with Crippen LogP contribution in [-0.2, 0) is 20.9 Å². The zero-order valence-corrected chi connectivity index (χ0v) is 36.6. The number of piperidine rings is 3. The highest BCUT2D eigenvalue weighted by atomic mass is 19.1. The van der Waals surface area contributed by atoms with Crippen LogP contribution in [0.15, 0.2) is 48.5 Å². The molecule has 13 nitrogen and oxygen atoms in total. The van der Waals surface area contributed by atoms with Gasteiger partial charge in [0.15, 0.2) is 11.6 Å². The normalized spacial score (nSPS) is 23.9. The summed E-state index contributed by atoms with van der Waals surface area (Å²) in [5, 5.41) is 13.0. The van der Waals surface area contributed by atoms with E-state index in [1.165, 1.54) is 23.1 Å². The first-order valence-corrected chi connectivity index (χ1v) is 22.9. The summed E-state index contributed by atoms with van der Waals surface area (Å²) < 4.78 is 36.6. The molecule has 0 unspecified atom stereocenters. The number of nitrogens with one attached hydrogen (secondary N) is 1. The summed E-state index contributed by atoms with van der Waals surface area (Å²) in [7, 11) is 1.54. The van der Waals surface area contributed by atoms with E-state index in [1.807, 2.05) is 26.0 Å². The van der Waals surface area contributed by atoms with Crippen molar-refractivity contribution in [2.24, 2.45) is 11.3 Å². The zero-order chi connectivity index (χ0) is 44.2. The van der Waals surface area contributed by atoms with Crippen molar-refractivity contribution in [1.29, 1.82) is 0 Å². The number of carbonyl (C=O) groups is 4. The Hall–Kier alpha value is -5.28. The van der Waals surface area contributed by atoms with Gasteiger partial charge in [-0.1, -0.05) is 19.9 Å². The fourth-order valence-electron chi connectivity index (χ4n) is 11.4. The standard InChI is InChI=1S/C48H59F2N7O6/c1-4-48(5-2)44(57(47(48)62)38-8-6-7-36(49)43(38)59)35-26-37(50)40(27-41(35)63-3)55-19-15-32(16-20-55)54-23-21-52(22-24-54)28-30-13-17-53(18-14-30)33-9-10-34-31(25-33)29-56(46(34)61)39-11-12-42(58)51-45(39)60/h6-10,25-27,30,32,39,44,59H,4-5,11-24,28-29H2,1-3H3,(H,51,58,60)/t39-,44-/m0/s1. The molecule has 3 aromatic rings. The fraction of sp³-hybridized carbons (Fsp3) is 0.542. The number of benzene rings is 3. The van der Waals surface area contributed by atoms with E-state index < -0.39 is 34.9 Å². The number of ether oxygens (including phenoxy) is 1. The number of para-hydroxylation sites is 1. The van der Waals surface area contributed by atoms with Crippen LogP contribution in [0.1, 0.15) is 92.7 Å². The van der Waals surface area contributed by atoms with Gasteiger partial charge in [0.1, 0.15) is 17.6 Å². The predicted molar refractivity (Wildman–Crippen MR) is 235 cm³/mol. The Bertz CT molecular complexity index is 2260. The maximum absolute atomic E-state index is 16.3. The number of phenolic OH excluding ortho intramolecular Hbond substituents is 1. The number of imide groups is 1. The van der Waals surface area contributed by atoms with Crippen LogP contribution in [0, 0.1) is 23.0 Å². The number of phenols is 1. The summed E-state index contributed by atoms with van der Waals surface area (Å²) in [5.74, 6) is -1.79. The van der Waals surface area contributed by atoms with Crippen LogP contribution >= 0.6 is 0 Å². The van der Waals surface area contributed by atoms with E-state index in [2.05, 4.69) is 31.0 Å². The highest BCUT2D eigenvalue weighted by molar-refractivity contribution is 6.08. The number of nitrogens with zero attached hydrogens (tertiary/aromatic N) is 6. The second kappa shape index (κ2) is 17.4. The number of rotatable bonds is 11. The Labute approximate surface area is 367 Å². The third-order valence-corrected chi connectivity index (χ3v) is 15.2. The van der Waals surface area contributed by atoms with Gasteiger partial charge in [0.2, 0.25) is 17.7 Å². The Kier molecular flexibility index (Phi) is 11.8. The summed E-state index contributed by atoms with van der Waals surface area (Å²) in [4.78, 5) is 63.7. The van der Waals surface area contributed by atoms with Crippen LogP contribution in [0.3, 0.4) is 0 Å². The third kappa shape index (κ3) is 7.68. The highest BCUT2D eigenvalue weighted by Gasteiger charge is 2.61. The number of β-lactam (4-membered cyclic amide) rings is 1. The number of fused-ring (bicyclic) bond motifs is 1. The van der Waals surface area contributed by atoms with Crippen molar-refractivity contribution in [2.75, 3.05) is 80.7 Å². The number of hydrogen-bond donors (Lipinski definition) is 2. The second-order valence-electron chi connectivity index (χ2n) is 18.3. The van der Waals surface area contributed by atoms with E-state index in [1.54, 1.807) is 18.1 Å². The molecular formula is C48H59F2N7O6. The summed E-state index contributed by atoms with van der Waals surface area (Å²) >= 11 is 0. The summed E-state index contributed by atoms with van der Waals surface area (Å²) in [6, 6.07) is 12.5. The van der Waals surface area contributed by atoms with Crippen molar-refractivity contribution < 1.29 is 37.8 Å². The lowest BCUT2D eigenvalue weighted by Crippen LogP contribution is -2.63. The van der Waals surface area contributed by atoms with E-state index in [0.717, 1.165) is 88.8 Å². The SMILES string of the molecule is CCC1(CC)C(=O)N(c2cccc(F)c2O)[C@H]1c1cc(F)c(N2CCC(N3CCN(CC4CCN(c5ccc6c(c5)CN([C@H]5CCC(=O)NC5=O)C6=O)CC4)CC3)CC2)cc1OC. The van der Waals surface area contributed by atoms with Crippen molar-refractivity contribution in [2.45, 2.75) is 89.9 Å². The van der Waals surface area contributed by atoms with E-state index in [9.17, 15) is 28.7 Å². The van der Waals surface area contributed by atoms with Crippen molar-refractivity contribution in [1.82, 2.24) is 20.0 Å². The fourth-order valence-corrected chi connectivity index (χ4v) is 11.4. The molecule has 0 radical (unpaired) electrons. The van der Waals surface area contributed by atoms with Crippen LogP contribution in [0.4, 0.5) is 25.8 Å². The molecule has 2 N–H and O–H groups in total. The molecule has 0 saturated carbocycles. The van der Waals surface area contributed by atoms with Gasteiger partial charge >= 0.3 is 0 Å². The third-order valence-electron chi connectivity index (χ3n) is 15.2. The maximum Gasteiger partial charge on any atom is 0.255 e. The molecule has 0 aliphatic carbocycles. The quantitative estimate of drug-likeness (QED) is 0.179. The molecule has 6 aliphatic rings. The summed E-state index contributed by atoms with van der Waals surface area (Å²) in [6.45, 7) is 12.7. The first-order valence-electron chi connectivity index (χ1n) is 22.9. The molecule has 9 rings (SSSR count). The van der Waals surface area contributed by atoms with Gasteiger partial charge in [-0.05, 0) is 92.8 Å². The molecule has 3 aromatic carbocycles. The van der Waals surface area contributed by atoms with Crippen molar-refractivity contribution in [3.05, 3.63) is 76.9 Å². The Morgan fingerprint density at radius 3 is 2.21 bits per heavy atom. The molecule has 4 amide bonds. The first kappa shape index (κ1) is 43.0. The molecule has 15 heteroatoms. The second-order valence-corrected chi connectivity index (χ2v) is 18.3.